The molecule has 0 unspecified atom stereocenters. The fourth-order valence-corrected chi connectivity index (χ4v) is 3.21. The van der Waals surface area contributed by atoms with Gasteiger partial charge in [-0.05, 0) is 24.5 Å². The third kappa shape index (κ3) is 3.23. The van der Waals surface area contributed by atoms with Crippen LogP contribution in [0.15, 0.2) is 47.6 Å². The summed E-state index contributed by atoms with van der Waals surface area (Å²) in [6.45, 7) is 0. The molecule has 0 bridgehead atoms. The number of aromatic nitrogens is 3. The maximum absolute atomic E-state index is 6.23. The van der Waals surface area contributed by atoms with Crippen LogP contribution in [-0.2, 0) is 0 Å². The molecule has 8 heteroatoms. The van der Waals surface area contributed by atoms with Gasteiger partial charge in [0.15, 0.2) is 5.69 Å². The predicted octanol–water partition coefficient (Wildman–Crippen LogP) is 3.78. The van der Waals surface area contributed by atoms with Crippen LogP contribution in [0.3, 0.4) is 0 Å². The number of nitrogens with one attached hydrogen (secondary N) is 1. The first-order valence-electron chi connectivity index (χ1n) is 8.26. The van der Waals surface area contributed by atoms with E-state index in [1.54, 1.807) is 14.2 Å². The van der Waals surface area contributed by atoms with Crippen molar-refractivity contribution in [3.05, 3.63) is 48.0 Å². The van der Waals surface area contributed by atoms with Gasteiger partial charge in [-0.3, -0.25) is 0 Å². The number of para-hydroxylation sites is 1. The van der Waals surface area contributed by atoms with E-state index in [-0.39, 0.29) is 0 Å². The van der Waals surface area contributed by atoms with Gasteiger partial charge in [-0.2, -0.15) is 4.98 Å². The summed E-state index contributed by atoms with van der Waals surface area (Å²) in [5.74, 6) is 1.79. The molecule has 7 nitrogen and oxygen atoms in total. The van der Waals surface area contributed by atoms with Crippen LogP contribution in [0.5, 0.6) is 17.4 Å². The molecule has 2 heterocycles. The number of ether oxygens (including phenoxy) is 3. The number of hydrogen-bond donors (Lipinski definition) is 1. The first-order chi connectivity index (χ1) is 13.2. The van der Waals surface area contributed by atoms with Gasteiger partial charge in [0.05, 0.1) is 19.8 Å². The van der Waals surface area contributed by atoms with Crippen LogP contribution in [0.1, 0.15) is 11.8 Å². The average molecular weight is 382 g/mol. The topological polar surface area (TPSA) is 78.4 Å². The Kier molecular flexibility index (Phi) is 4.72. The number of thioether (sulfide) groups is 1. The second-order valence-corrected chi connectivity index (χ2v) is 6.52. The molecule has 0 saturated heterocycles. The van der Waals surface area contributed by atoms with Crippen LogP contribution in [0.2, 0.25) is 0 Å². The van der Waals surface area contributed by atoms with E-state index in [4.69, 9.17) is 14.2 Å². The van der Waals surface area contributed by atoms with Gasteiger partial charge in [-0.15, -0.1) is 10.2 Å². The lowest BCUT2D eigenvalue weighted by molar-refractivity contribution is 0.219. The molecule has 0 amide bonds. The minimum absolute atomic E-state index is 0.426. The summed E-state index contributed by atoms with van der Waals surface area (Å²) in [6.07, 6.45) is 1.38. The van der Waals surface area contributed by atoms with Crippen molar-refractivity contribution in [1.82, 2.24) is 15.2 Å². The average Bonchev–Trinajstić information content (AvgIpc) is 2.89. The van der Waals surface area contributed by atoms with Crippen LogP contribution in [0, 0.1) is 0 Å². The molecule has 4 rings (SSSR count). The van der Waals surface area contributed by atoms with Crippen molar-refractivity contribution in [3.8, 4) is 28.6 Å². The monoisotopic (exact) mass is 382 g/mol. The largest absolute Gasteiger partial charge is 0.497 e. The lowest BCUT2D eigenvalue weighted by Gasteiger charge is -2.21. The molecule has 0 radical (unpaired) electrons. The van der Waals surface area contributed by atoms with E-state index in [0.29, 0.717) is 28.2 Å². The first kappa shape index (κ1) is 17.4. The molecule has 1 aliphatic rings. The molecule has 1 aromatic heterocycles. The summed E-state index contributed by atoms with van der Waals surface area (Å²) in [6, 6.07) is 13.4. The summed E-state index contributed by atoms with van der Waals surface area (Å²) >= 11 is 1.41. The van der Waals surface area contributed by atoms with E-state index in [1.165, 1.54) is 11.8 Å². The van der Waals surface area contributed by atoms with Gasteiger partial charge in [0.2, 0.25) is 17.3 Å². The Morgan fingerprint density at radius 2 is 1.93 bits per heavy atom. The van der Waals surface area contributed by atoms with Gasteiger partial charge >= 0.3 is 0 Å². The highest BCUT2D eigenvalue weighted by Crippen LogP contribution is 2.41. The Bertz CT molecular complexity index is 983. The number of hydrogen-bond acceptors (Lipinski definition) is 8. The summed E-state index contributed by atoms with van der Waals surface area (Å²) in [5, 5.41) is 12.5. The number of methoxy groups -OCH3 is 2. The molecule has 1 aliphatic heterocycles. The minimum Gasteiger partial charge on any atom is -0.497 e. The lowest BCUT2D eigenvalue weighted by atomic mass is 10.1. The van der Waals surface area contributed by atoms with E-state index >= 15 is 0 Å². The molecule has 2 aromatic carbocycles. The first-order valence-corrected chi connectivity index (χ1v) is 9.49. The normalized spacial score (nSPS) is 14.9. The fraction of sp³-hybridized carbons (Fsp3) is 0.211. The van der Waals surface area contributed by atoms with Crippen molar-refractivity contribution in [2.24, 2.45) is 0 Å². The molecule has 0 saturated carbocycles. The second kappa shape index (κ2) is 7.32. The molecule has 138 valence electrons. The second-order valence-electron chi connectivity index (χ2n) is 5.75. The van der Waals surface area contributed by atoms with E-state index in [9.17, 15) is 0 Å². The van der Waals surface area contributed by atoms with Crippen LogP contribution in [0.4, 0.5) is 5.69 Å². The molecule has 0 aliphatic carbocycles. The highest BCUT2D eigenvalue weighted by atomic mass is 32.2. The van der Waals surface area contributed by atoms with Crippen molar-refractivity contribution in [1.29, 1.82) is 0 Å². The highest BCUT2D eigenvalue weighted by molar-refractivity contribution is 7.98. The summed E-state index contributed by atoms with van der Waals surface area (Å²) < 4.78 is 17.1. The van der Waals surface area contributed by atoms with E-state index < -0.39 is 6.23 Å². The van der Waals surface area contributed by atoms with Crippen molar-refractivity contribution < 1.29 is 14.2 Å². The van der Waals surface area contributed by atoms with Gasteiger partial charge in [0.25, 0.3) is 0 Å². The van der Waals surface area contributed by atoms with Gasteiger partial charge in [0, 0.05) is 17.3 Å². The predicted molar refractivity (Wildman–Crippen MR) is 104 cm³/mol. The summed E-state index contributed by atoms with van der Waals surface area (Å²) in [5.41, 5.74) is 3.19. The standard InChI is InChI=1S/C19H18N4O3S/c1-24-11-8-9-13(15(10-11)25-2)17-20-14-7-5-4-6-12(14)16-18(26-17)21-19(27-3)23-22-16/h4-10,17,20H,1-3H3/t17-/m1/s1. The molecule has 1 N–H and O–H groups in total. The van der Waals surface area contributed by atoms with Crippen molar-refractivity contribution in [3.63, 3.8) is 0 Å². The van der Waals surface area contributed by atoms with Crippen LogP contribution in [0.25, 0.3) is 11.3 Å². The van der Waals surface area contributed by atoms with E-state index in [1.807, 2.05) is 48.7 Å². The SMILES string of the molecule is COc1ccc([C@@H]2Nc3ccccc3-c3nnc(SC)nc3O2)c(OC)c1. The van der Waals surface area contributed by atoms with E-state index in [2.05, 4.69) is 20.5 Å². The minimum atomic E-state index is -0.514. The Labute approximate surface area is 161 Å². The van der Waals surface area contributed by atoms with Gasteiger partial charge in [0.1, 0.15) is 11.5 Å². The molecule has 0 spiro atoms. The third-order valence-corrected chi connectivity index (χ3v) is 4.78. The van der Waals surface area contributed by atoms with Crippen LogP contribution >= 0.6 is 11.8 Å². The zero-order valence-electron chi connectivity index (χ0n) is 15.1. The van der Waals surface area contributed by atoms with Crippen LogP contribution < -0.4 is 19.5 Å². The van der Waals surface area contributed by atoms with E-state index in [0.717, 1.165) is 16.8 Å². The quantitative estimate of drug-likeness (QED) is 0.683. The van der Waals surface area contributed by atoms with Crippen LogP contribution in [-0.4, -0.2) is 35.7 Å². The van der Waals surface area contributed by atoms with Gasteiger partial charge in [-0.25, -0.2) is 0 Å². The Morgan fingerprint density at radius 3 is 2.70 bits per heavy atom. The number of rotatable bonds is 4. The van der Waals surface area contributed by atoms with Gasteiger partial charge in [-0.1, -0.05) is 30.0 Å². The molecule has 0 fully saturated rings. The maximum atomic E-state index is 6.23. The third-order valence-electron chi connectivity index (χ3n) is 4.24. The Morgan fingerprint density at radius 1 is 1.07 bits per heavy atom. The maximum Gasteiger partial charge on any atom is 0.247 e. The van der Waals surface area contributed by atoms with Crippen molar-refractivity contribution in [2.45, 2.75) is 11.4 Å². The number of anilines is 1. The zero-order valence-corrected chi connectivity index (χ0v) is 15.9. The van der Waals surface area contributed by atoms with Crippen molar-refractivity contribution in [2.75, 3.05) is 25.8 Å². The number of fused-ring (bicyclic) bond motifs is 3. The molecular weight excluding hydrogens is 364 g/mol. The zero-order chi connectivity index (χ0) is 18.8. The molecule has 27 heavy (non-hydrogen) atoms. The Balaban J connectivity index is 1.85. The fourth-order valence-electron chi connectivity index (χ4n) is 2.91. The van der Waals surface area contributed by atoms with Crippen molar-refractivity contribution >= 4 is 17.4 Å². The highest BCUT2D eigenvalue weighted by Gasteiger charge is 2.27. The summed E-state index contributed by atoms with van der Waals surface area (Å²) in [7, 11) is 3.24. The number of nitrogens with zero attached hydrogens (tertiary/aromatic N) is 3. The molecular formula is C19H18N4O3S. The smallest absolute Gasteiger partial charge is 0.247 e. The van der Waals surface area contributed by atoms with Gasteiger partial charge < -0.3 is 19.5 Å². The summed E-state index contributed by atoms with van der Waals surface area (Å²) in [4.78, 5) is 4.52. The number of benzene rings is 2. The Hall–Kier alpha value is -3.00. The molecule has 3 aromatic rings. The lowest BCUT2D eigenvalue weighted by Crippen LogP contribution is -2.18. The molecule has 1 atom stereocenters.